The standard InChI is InChI=1S/C55H56ClFN4O13/c1-31(2)50-49(52(65)60-36-14-8-5-9-15-36)46(33-12-6-4-7-13-33)51(34-18-20-35(57)21-19-34)61(50)24-22-37(62)26-38(63)27-44(64)72-30-43-42(73-55(70)74-43)28-58-23-25-71-29-41-48(54(68)69)47(39-16-10-11-17-40(39)56)45(53(66)67)32(3)59-41/h4-21,31,37-38,47,58-59,62-63H,22-30H2,1-3H3,(H,60,65)(H,66,67)(H,68,69). The van der Waals surface area contributed by atoms with Gasteiger partial charge >= 0.3 is 23.7 Å². The molecule has 7 N–H and O–H groups in total. The number of hydrogen-bond acceptors (Lipinski definition) is 13. The summed E-state index contributed by atoms with van der Waals surface area (Å²) >= 11 is 6.40. The third-order valence-corrected chi connectivity index (χ3v) is 12.6. The van der Waals surface area contributed by atoms with E-state index in [4.69, 9.17) is 29.9 Å². The molecule has 17 nitrogen and oxygen atoms in total. The number of hydrogen-bond donors (Lipinski definition) is 7. The lowest BCUT2D eigenvalue weighted by molar-refractivity contribution is -0.148. The molecule has 74 heavy (non-hydrogen) atoms. The number of allylic oxidation sites excluding steroid dienone is 1. The van der Waals surface area contributed by atoms with Crippen molar-refractivity contribution in [3.05, 3.63) is 182 Å². The number of anilines is 1. The van der Waals surface area contributed by atoms with Gasteiger partial charge in [-0.2, -0.15) is 0 Å². The van der Waals surface area contributed by atoms with Gasteiger partial charge in [-0.1, -0.05) is 92.2 Å². The minimum atomic E-state index is -1.36. The van der Waals surface area contributed by atoms with Crippen LogP contribution in [0.4, 0.5) is 10.1 Å². The fourth-order valence-corrected chi connectivity index (χ4v) is 9.31. The molecule has 1 aliphatic rings. The van der Waals surface area contributed by atoms with Crippen LogP contribution in [0, 0.1) is 5.82 Å². The van der Waals surface area contributed by atoms with Crippen molar-refractivity contribution in [1.29, 1.82) is 0 Å². The van der Waals surface area contributed by atoms with Crippen molar-refractivity contribution < 1.29 is 62.3 Å². The number of nitrogens with one attached hydrogen (secondary N) is 3. The normalized spacial score (nSPS) is 14.5. The molecule has 1 amide bonds. The largest absolute Gasteiger partial charge is 0.519 e. The van der Waals surface area contributed by atoms with E-state index in [-0.39, 0.29) is 96.6 Å². The van der Waals surface area contributed by atoms with Crippen LogP contribution in [-0.4, -0.2) is 80.8 Å². The second kappa shape index (κ2) is 24.9. The Kier molecular flexibility index (Phi) is 18.2. The van der Waals surface area contributed by atoms with Crippen molar-refractivity contribution in [2.75, 3.05) is 25.1 Å². The second-order valence-electron chi connectivity index (χ2n) is 17.8. The van der Waals surface area contributed by atoms with Crippen LogP contribution in [0.25, 0.3) is 22.4 Å². The third-order valence-electron chi connectivity index (χ3n) is 12.3. The Hall–Kier alpha value is -7.61. The van der Waals surface area contributed by atoms with E-state index in [0.29, 0.717) is 39.3 Å². The first-order valence-electron chi connectivity index (χ1n) is 23.8. The van der Waals surface area contributed by atoms with E-state index in [2.05, 4.69) is 16.0 Å². The number of carboxylic acid groups (broad SMARTS) is 2. The number of rotatable bonds is 24. The number of esters is 1. The van der Waals surface area contributed by atoms with Gasteiger partial charge in [-0.25, -0.2) is 18.8 Å². The molecule has 0 radical (unpaired) electrons. The van der Waals surface area contributed by atoms with Crippen LogP contribution in [0.3, 0.4) is 0 Å². The summed E-state index contributed by atoms with van der Waals surface area (Å²) in [7, 11) is 0. The molecule has 4 aromatic carbocycles. The number of ether oxygens (including phenoxy) is 2. The lowest BCUT2D eigenvalue weighted by Gasteiger charge is -2.30. The molecular weight excluding hydrogens is 979 g/mol. The molecule has 3 atom stereocenters. The Morgan fingerprint density at radius 2 is 1.47 bits per heavy atom. The molecule has 388 valence electrons. The van der Waals surface area contributed by atoms with E-state index in [1.54, 1.807) is 48.5 Å². The smallest absolute Gasteiger partial charge is 0.478 e. The Balaban J connectivity index is 0.949. The summed E-state index contributed by atoms with van der Waals surface area (Å²) in [5.74, 6) is -6.80. The molecule has 3 heterocycles. The lowest BCUT2D eigenvalue weighted by atomic mass is 9.80. The van der Waals surface area contributed by atoms with Crippen LogP contribution in [-0.2, 0) is 43.6 Å². The average molecular weight is 1040 g/mol. The zero-order chi connectivity index (χ0) is 53.1. The predicted octanol–water partition coefficient (Wildman–Crippen LogP) is 8.36. The molecule has 2 aromatic heterocycles. The van der Waals surface area contributed by atoms with Gasteiger partial charge in [0.15, 0.2) is 18.1 Å². The molecule has 19 heteroatoms. The fourth-order valence-electron chi connectivity index (χ4n) is 9.07. The van der Waals surface area contributed by atoms with Crippen molar-refractivity contribution in [3.63, 3.8) is 0 Å². The van der Waals surface area contributed by atoms with Gasteiger partial charge in [0.2, 0.25) is 0 Å². The van der Waals surface area contributed by atoms with Gasteiger partial charge in [-0.05, 0) is 84.8 Å². The number of aliphatic carboxylic acids is 2. The second-order valence-corrected chi connectivity index (χ2v) is 18.2. The predicted molar refractivity (Wildman–Crippen MR) is 272 cm³/mol. The molecule has 0 bridgehead atoms. The van der Waals surface area contributed by atoms with Crippen molar-refractivity contribution in [1.82, 2.24) is 15.2 Å². The summed E-state index contributed by atoms with van der Waals surface area (Å²) in [6.07, 6.45) is -3.08. The molecule has 6 aromatic rings. The number of benzene rings is 4. The van der Waals surface area contributed by atoms with Gasteiger partial charge in [0.25, 0.3) is 5.91 Å². The van der Waals surface area contributed by atoms with Crippen molar-refractivity contribution in [2.24, 2.45) is 0 Å². The Labute approximate surface area is 429 Å². The van der Waals surface area contributed by atoms with Crippen LogP contribution >= 0.6 is 11.6 Å². The van der Waals surface area contributed by atoms with Gasteiger partial charge in [-0.3, -0.25) is 9.59 Å². The number of halogens is 2. The number of carbonyl (C=O) groups excluding carboxylic acids is 2. The molecule has 0 spiro atoms. The number of carboxylic acids is 2. The van der Waals surface area contributed by atoms with Gasteiger partial charge in [0.1, 0.15) is 5.82 Å². The first-order valence-corrected chi connectivity index (χ1v) is 24.2. The highest BCUT2D eigenvalue weighted by molar-refractivity contribution is 6.31. The van der Waals surface area contributed by atoms with Crippen LogP contribution in [0.2, 0.25) is 5.02 Å². The summed E-state index contributed by atoms with van der Waals surface area (Å²) in [5, 5.41) is 51.6. The summed E-state index contributed by atoms with van der Waals surface area (Å²) in [5.41, 5.74) is 4.63. The quantitative estimate of drug-likeness (QED) is 0.0222. The Morgan fingerprint density at radius 1 is 0.824 bits per heavy atom. The number of nitrogens with zero attached hydrogens (tertiary/aromatic N) is 1. The Bertz CT molecular complexity index is 3090. The van der Waals surface area contributed by atoms with E-state index >= 15 is 0 Å². The van der Waals surface area contributed by atoms with Gasteiger partial charge in [-0.15, -0.1) is 0 Å². The number of para-hydroxylation sites is 1. The van der Waals surface area contributed by atoms with E-state index in [1.165, 1.54) is 19.1 Å². The Morgan fingerprint density at radius 3 is 2.14 bits per heavy atom. The number of carbonyl (C=O) groups is 4. The maximum absolute atomic E-state index is 14.4. The van der Waals surface area contributed by atoms with Gasteiger partial charge in [0.05, 0.1) is 72.4 Å². The third kappa shape index (κ3) is 13.1. The van der Waals surface area contributed by atoms with Crippen LogP contribution < -0.4 is 21.8 Å². The minimum absolute atomic E-state index is 0.0232. The first kappa shape index (κ1) is 54.2. The number of dihydropyridines is 1. The number of aliphatic hydroxyl groups is 2. The molecule has 7 rings (SSSR count). The minimum Gasteiger partial charge on any atom is -0.478 e. The first-order chi connectivity index (χ1) is 35.5. The van der Waals surface area contributed by atoms with Crippen LogP contribution in [0.5, 0.6) is 0 Å². The summed E-state index contributed by atoms with van der Waals surface area (Å²) < 4.78 is 37.6. The van der Waals surface area contributed by atoms with Crippen molar-refractivity contribution in [3.8, 4) is 22.4 Å². The van der Waals surface area contributed by atoms with Gasteiger partial charge < -0.3 is 59.3 Å². The molecular formula is C55H56ClFN4O13. The highest BCUT2D eigenvalue weighted by Crippen LogP contribution is 2.44. The zero-order valence-electron chi connectivity index (χ0n) is 40.7. The lowest BCUT2D eigenvalue weighted by Crippen LogP contribution is -2.34. The SMILES string of the molecule is CC1=C(C(=O)O)C(c2ccccc2Cl)C(C(=O)O)=C(COCCNCc2oc(=O)oc2COC(=O)CC(O)CC(O)CCn2c(-c3ccc(F)cc3)c(-c3ccccc3)c(C(=O)Nc3ccccc3)c2C(C)C)N1. The van der Waals surface area contributed by atoms with Gasteiger partial charge in [0, 0.05) is 40.8 Å². The zero-order valence-corrected chi connectivity index (χ0v) is 41.5. The van der Waals surface area contributed by atoms with E-state index in [0.717, 1.165) is 5.56 Å². The van der Waals surface area contributed by atoms with Crippen molar-refractivity contribution >= 4 is 41.1 Å². The molecule has 1 aliphatic heterocycles. The molecule has 0 fully saturated rings. The van der Waals surface area contributed by atoms with E-state index in [9.17, 15) is 48.8 Å². The summed E-state index contributed by atoms with van der Waals surface area (Å²) in [4.78, 5) is 64.3. The number of aliphatic hydroxyl groups excluding tert-OH is 2. The van der Waals surface area contributed by atoms with E-state index < -0.39 is 60.7 Å². The van der Waals surface area contributed by atoms with E-state index in [1.807, 2.05) is 66.9 Å². The average Bonchev–Trinajstić information content (AvgIpc) is 3.91. The maximum Gasteiger partial charge on any atom is 0.519 e. The monoisotopic (exact) mass is 1030 g/mol. The number of aromatic nitrogens is 1. The molecule has 0 saturated heterocycles. The highest BCUT2D eigenvalue weighted by atomic mass is 35.5. The summed E-state index contributed by atoms with van der Waals surface area (Å²) in [6.45, 7) is 5.01. The molecule has 0 saturated carbocycles. The molecule has 3 unspecified atom stereocenters. The number of amides is 1. The molecule has 0 aliphatic carbocycles. The maximum atomic E-state index is 14.4. The van der Waals surface area contributed by atoms with Crippen molar-refractivity contribution in [2.45, 2.75) is 83.8 Å². The highest BCUT2D eigenvalue weighted by Gasteiger charge is 2.39. The van der Waals surface area contributed by atoms with Crippen LogP contribution in [0.15, 0.2) is 145 Å². The fraction of sp³-hybridized carbons (Fsp3) is 0.291. The van der Waals surface area contributed by atoms with Crippen LogP contribution in [0.1, 0.15) is 85.0 Å². The summed E-state index contributed by atoms with van der Waals surface area (Å²) in [6, 6.07) is 30.8. The topological polar surface area (TPSA) is 252 Å².